The summed E-state index contributed by atoms with van der Waals surface area (Å²) in [7, 11) is 0. The van der Waals surface area contributed by atoms with Gasteiger partial charge in [0.05, 0.1) is 0 Å². The maximum absolute atomic E-state index is 9.00. The van der Waals surface area contributed by atoms with Crippen molar-refractivity contribution in [2.24, 2.45) is 11.5 Å². The van der Waals surface area contributed by atoms with E-state index in [2.05, 4.69) is 49.6 Å². The second kappa shape index (κ2) is 9.51. The highest BCUT2D eigenvalue weighted by atomic mass is 16.4. The number of nitrogens with two attached hydrogens (primary N) is 2. The van der Waals surface area contributed by atoms with Crippen LogP contribution in [0.2, 0.25) is 0 Å². The fourth-order valence-corrected chi connectivity index (χ4v) is 0.663. The van der Waals surface area contributed by atoms with Crippen LogP contribution in [0.15, 0.2) is 24.3 Å². The molecule has 1 aromatic carbocycles. The highest BCUT2D eigenvalue weighted by Gasteiger charge is 1.83. The van der Waals surface area contributed by atoms with Crippen LogP contribution in [-0.4, -0.2) is 17.0 Å². The van der Waals surface area contributed by atoms with Gasteiger partial charge < -0.3 is 16.6 Å². The first-order valence-electron chi connectivity index (χ1n) is 4.58. The third-order valence-corrected chi connectivity index (χ3v) is 1.43. The van der Waals surface area contributed by atoms with Crippen molar-refractivity contribution in [3.05, 3.63) is 35.4 Å². The van der Waals surface area contributed by atoms with Crippen LogP contribution in [0.3, 0.4) is 0 Å². The van der Waals surface area contributed by atoms with Gasteiger partial charge in [-0.1, -0.05) is 24.3 Å². The van der Waals surface area contributed by atoms with E-state index >= 15 is 0 Å². The number of hydrogen-bond donors (Lipinski definition) is 4. The van der Waals surface area contributed by atoms with Crippen LogP contribution in [0, 0.1) is 19.3 Å². The molecular weight excluding hydrogens is 206 g/mol. The predicted molar refractivity (Wildman–Crippen MR) is 65.3 cm³/mol. The molecule has 5 heteroatoms. The third-order valence-electron chi connectivity index (χ3n) is 1.43. The summed E-state index contributed by atoms with van der Waals surface area (Å²) >= 11 is 0. The van der Waals surface area contributed by atoms with Gasteiger partial charge >= 0.3 is 0 Å². The van der Waals surface area contributed by atoms with Gasteiger partial charge in [0, 0.05) is 6.92 Å². The second-order valence-electron chi connectivity index (χ2n) is 3.06. The molecule has 0 amide bonds. The monoisotopic (exact) mass is 225 g/mol. The Bertz CT molecular complexity index is 297. The fraction of sp³-hybridized carbons (Fsp3) is 0.273. The first kappa shape index (κ1) is 16.4. The van der Waals surface area contributed by atoms with Crippen LogP contribution < -0.4 is 11.5 Å². The van der Waals surface area contributed by atoms with E-state index in [-0.39, 0.29) is 5.96 Å². The molecule has 6 N–H and O–H groups in total. The molecule has 0 saturated heterocycles. The third kappa shape index (κ3) is 17.9. The van der Waals surface area contributed by atoms with Gasteiger partial charge in [-0.2, -0.15) is 0 Å². The van der Waals surface area contributed by atoms with Crippen LogP contribution in [-0.2, 0) is 4.79 Å². The number of hydrogen-bond acceptors (Lipinski definition) is 2. The zero-order valence-electron chi connectivity index (χ0n) is 9.82. The van der Waals surface area contributed by atoms with Crippen molar-refractivity contribution < 1.29 is 9.90 Å². The van der Waals surface area contributed by atoms with E-state index in [1.807, 2.05) is 0 Å². The average Bonchev–Trinajstić information content (AvgIpc) is 2.08. The van der Waals surface area contributed by atoms with E-state index < -0.39 is 5.97 Å². The van der Waals surface area contributed by atoms with Crippen LogP contribution >= 0.6 is 0 Å². The molecule has 0 unspecified atom stereocenters. The molecule has 16 heavy (non-hydrogen) atoms. The molecule has 1 aromatic rings. The maximum Gasteiger partial charge on any atom is 0.300 e. The Labute approximate surface area is 95.6 Å². The minimum atomic E-state index is -0.833. The standard InChI is InChI=1S/C8H10.C2H4O2.CH5N3/c1-7-5-3-4-6-8(7)2;1-2(3)4;2-1(3)4/h3-6H,1-2H3;1H3,(H,3,4);(H5,2,3,4). The zero-order chi connectivity index (χ0) is 13.1. The number of carbonyl (C=O) groups is 1. The first-order valence-corrected chi connectivity index (χ1v) is 4.58. The molecule has 0 saturated carbocycles. The summed E-state index contributed by atoms with van der Waals surface area (Å²) in [6.07, 6.45) is 0. The molecule has 0 aliphatic rings. The van der Waals surface area contributed by atoms with Gasteiger partial charge in [-0.15, -0.1) is 0 Å². The second-order valence-corrected chi connectivity index (χ2v) is 3.06. The molecule has 90 valence electrons. The molecule has 0 bridgehead atoms. The van der Waals surface area contributed by atoms with E-state index in [9.17, 15) is 0 Å². The van der Waals surface area contributed by atoms with Gasteiger partial charge in [-0.05, 0) is 25.0 Å². The Kier molecular flexibility index (Phi) is 9.75. The van der Waals surface area contributed by atoms with Crippen molar-refractivity contribution in [1.29, 1.82) is 5.41 Å². The Morgan fingerprint density at radius 2 is 1.38 bits per heavy atom. The average molecular weight is 225 g/mol. The lowest BCUT2D eigenvalue weighted by Crippen LogP contribution is -2.20. The molecule has 0 aromatic heterocycles. The molecule has 0 aliphatic heterocycles. The normalized spacial score (nSPS) is 7.69. The molecule has 1 rings (SSSR count). The van der Waals surface area contributed by atoms with Crippen molar-refractivity contribution in [3.63, 3.8) is 0 Å². The molecule has 0 radical (unpaired) electrons. The lowest BCUT2D eigenvalue weighted by Gasteiger charge is -1.93. The molecule has 0 heterocycles. The van der Waals surface area contributed by atoms with Gasteiger partial charge in [0.25, 0.3) is 5.97 Å². The fourth-order valence-electron chi connectivity index (χ4n) is 0.663. The minimum absolute atomic E-state index is 0.333. The molecule has 0 aliphatic carbocycles. The predicted octanol–water partition coefficient (Wildman–Crippen LogP) is 1.23. The summed E-state index contributed by atoms with van der Waals surface area (Å²) in [5, 5.41) is 13.5. The summed E-state index contributed by atoms with van der Waals surface area (Å²) in [6, 6.07) is 8.36. The number of carboxylic acids is 1. The lowest BCUT2D eigenvalue weighted by molar-refractivity contribution is -0.134. The zero-order valence-corrected chi connectivity index (χ0v) is 9.82. The molecule has 0 atom stereocenters. The molecule has 5 nitrogen and oxygen atoms in total. The van der Waals surface area contributed by atoms with Gasteiger partial charge in [-0.25, -0.2) is 0 Å². The number of guanidine groups is 1. The van der Waals surface area contributed by atoms with Crippen molar-refractivity contribution in [3.8, 4) is 0 Å². The highest BCUT2D eigenvalue weighted by molar-refractivity contribution is 5.71. The van der Waals surface area contributed by atoms with E-state index in [0.717, 1.165) is 6.92 Å². The van der Waals surface area contributed by atoms with E-state index in [1.54, 1.807) is 0 Å². The van der Waals surface area contributed by atoms with E-state index in [4.69, 9.17) is 15.3 Å². The Morgan fingerprint density at radius 3 is 1.50 bits per heavy atom. The summed E-state index contributed by atoms with van der Waals surface area (Å²) < 4.78 is 0. The van der Waals surface area contributed by atoms with E-state index in [1.165, 1.54) is 11.1 Å². The lowest BCUT2D eigenvalue weighted by atomic mass is 10.1. The smallest absolute Gasteiger partial charge is 0.300 e. The topological polar surface area (TPSA) is 113 Å². The van der Waals surface area contributed by atoms with Crippen molar-refractivity contribution >= 4 is 11.9 Å². The van der Waals surface area contributed by atoms with Crippen molar-refractivity contribution in [1.82, 2.24) is 0 Å². The van der Waals surface area contributed by atoms with Gasteiger partial charge in [-0.3, -0.25) is 10.2 Å². The van der Waals surface area contributed by atoms with E-state index in [0.29, 0.717) is 0 Å². The van der Waals surface area contributed by atoms with Crippen LogP contribution in [0.5, 0.6) is 0 Å². The number of aliphatic carboxylic acids is 1. The van der Waals surface area contributed by atoms with Gasteiger partial charge in [0.2, 0.25) is 0 Å². The van der Waals surface area contributed by atoms with Crippen LogP contribution in [0.25, 0.3) is 0 Å². The Balaban J connectivity index is 0. The SMILES string of the molecule is CC(=O)O.Cc1ccccc1C.N=C(N)N. The quantitative estimate of drug-likeness (QED) is 0.393. The Hall–Kier alpha value is -2.04. The summed E-state index contributed by atoms with van der Waals surface area (Å²) in [6.45, 7) is 5.32. The maximum atomic E-state index is 9.00. The van der Waals surface area contributed by atoms with Crippen molar-refractivity contribution in [2.45, 2.75) is 20.8 Å². The Morgan fingerprint density at radius 1 is 1.19 bits per heavy atom. The number of benzene rings is 1. The van der Waals surface area contributed by atoms with Crippen molar-refractivity contribution in [2.75, 3.05) is 0 Å². The summed E-state index contributed by atoms with van der Waals surface area (Å²) in [5.74, 6) is -1.17. The van der Waals surface area contributed by atoms with Crippen LogP contribution in [0.1, 0.15) is 18.1 Å². The summed E-state index contributed by atoms with van der Waals surface area (Å²) in [4.78, 5) is 9.00. The summed E-state index contributed by atoms with van der Waals surface area (Å²) in [5.41, 5.74) is 11.7. The molecule has 0 spiro atoms. The minimum Gasteiger partial charge on any atom is -0.481 e. The number of nitrogens with one attached hydrogen (secondary N) is 1. The number of aryl methyl sites for hydroxylation is 2. The van der Waals surface area contributed by atoms with Gasteiger partial charge in [0.15, 0.2) is 5.96 Å². The molecule has 0 fully saturated rings. The number of carboxylic acid groups (broad SMARTS) is 1. The first-order chi connectivity index (χ1) is 7.27. The molecular formula is C11H19N3O2. The largest absolute Gasteiger partial charge is 0.481 e. The van der Waals surface area contributed by atoms with Gasteiger partial charge in [0.1, 0.15) is 0 Å². The van der Waals surface area contributed by atoms with Crippen LogP contribution in [0.4, 0.5) is 0 Å². The highest BCUT2D eigenvalue weighted by Crippen LogP contribution is 2.02. The number of rotatable bonds is 0.